The van der Waals surface area contributed by atoms with Gasteiger partial charge in [-0.05, 0) is 57.7 Å². The molecule has 11 heteroatoms. The number of rotatable bonds is 9. The highest BCUT2D eigenvalue weighted by atomic mass is 32.1. The zero-order valence-electron chi connectivity index (χ0n) is 26.4. The van der Waals surface area contributed by atoms with Gasteiger partial charge in [0, 0.05) is 28.5 Å². The van der Waals surface area contributed by atoms with Crippen LogP contribution in [0.4, 0.5) is 5.00 Å². The predicted octanol–water partition coefficient (Wildman–Crippen LogP) is 4.99. The molecule has 2 saturated heterocycles. The Balaban J connectivity index is 0.00000127. The molecule has 0 aromatic carbocycles. The summed E-state index contributed by atoms with van der Waals surface area (Å²) in [7, 11) is 2.10. The molecule has 4 heterocycles. The van der Waals surface area contributed by atoms with Crippen LogP contribution in [0, 0.1) is 24.2 Å². The van der Waals surface area contributed by atoms with Crippen LogP contribution in [0.3, 0.4) is 0 Å². The highest BCUT2D eigenvalue weighted by Crippen LogP contribution is 2.44. The number of nitrogens with two attached hydrogens (primary N) is 2. The fourth-order valence-corrected chi connectivity index (χ4v) is 7.00. The number of ketones is 1. The van der Waals surface area contributed by atoms with Gasteiger partial charge in [0.15, 0.2) is 11.6 Å². The number of aryl methyl sites for hydroxylation is 1. The van der Waals surface area contributed by atoms with Crippen molar-refractivity contribution in [2.75, 3.05) is 45.8 Å². The smallest absolute Gasteiger partial charge is 0.217 e. The van der Waals surface area contributed by atoms with E-state index in [1.165, 1.54) is 11.3 Å². The second kappa shape index (κ2) is 17.1. The Morgan fingerprint density at radius 1 is 1.25 bits per heavy atom. The predicted molar refractivity (Wildman–Crippen MR) is 174 cm³/mol. The number of nitrogens with zero attached hydrogens (tertiary/aromatic N) is 4. The first-order valence-corrected chi connectivity index (χ1v) is 16.3. The number of fused-ring (bicyclic) bond motifs is 1. The third kappa shape index (κ3) is 7.96. The third-order valence-corrected chi connectivity index (χ3v) is 9.14. The third-order valence-electron chi connectivity index (χ3n) is 8.05. The summed E-state index contributed by atoms with van der Waals surface area (Å²) in [4.78, 5) is 26.9. The number of aromatic nitrogens is 2. The molecule has 44 heavy (non-hydrogen) atoms. The number of hydrogen-bond donors (Lipinski definition) is 2. The van der Waals surface area contributed by atoms with E-state index in [0.717, 1.165) is 49.1 Å². The van der Waals surface area contributed by atoms with Gasteiger partial charge in [-0.1, -0.05) is 27.2 Å². The molecule has 1 aliphatic carbocycles. The molecule has 2 aromatic rings. The normalized spacial score (nSPS) is 21.8. The van der Waals surface area contributed by atoms with E-state index in [-0.39, 0.29) is 23.4 Å². The van der Waals surface area contributed by atoms with Gasteiger partial charge in [-0.15, -0.1) is 24.2 Å². The lowest BCUT2D eigenvalue weighted by atomic mass is 9.79. The number of nitriles is 1. The van der Waals surface area contributed by atoms with E-state index < -0.39 is 5.92 Å². The van der Waals surface area contributed by atoms with E-state index >= 15 is 0 Å². The van der Waals surface area contributed by atoms with Crippen molar-refractivity contribution in [2.45, 2.75) is 83.8 Å². The zero-order valence-corrected chi connectivity index (χ0v) is 27.3. The number of allylic oxidation sites excluding steroid dienone is 1. The van der Waals surface area contributed by atoms with E-state index in [1.54, 1.807) is 6.07 Å². The van der Waals surface area contributed by atoms with E-state index in [9.17, 15) is 10.1 Å². The summed E-state index contributed by atoms with van der Waals surface area (Å²) in [5.41, 5.74) is 15.4. The molecule has 0 amide bonds. The van der Waals surface area contributed by atoms with Crippen LogP contribution in [-0.4, -0.2) is 66.7 Å². The lowest BCUT2D eigenvalue weighted by molar-refractivity contribution is -0.117. The Morgan fingerprint density at radius 2 is 2.02 bits per heavy atom. The Bertz CT molecular complexity index is 1360. The fraction of sp³-hybridized carbons (Fsp3) is 0.576. The van der Waals surface area contributed by atoms with Crippen LogP contribution in [0.2, 0.25) is 0 Å². The molecule has 0 saturated carbocycles. The molecule has 4 N–H and O–H groups in total. The number of thiophene rings is 1. The summed E-state index contributed by atoms with van der Waals surface area (Å²) in [6.45, 7) is 8.92. The first-order chi connectivity index (χ1) is 21.4. The van der Waals surface area contributed by atoms with Crippen LogP contribution in [0.1, 0.15) is 98.8 Å². The topological polar surface area (TPSA) is 150 Å². The van der Waals surface area contributed by atoms with Crippen LogP contribution in [0.25, 0.3) is 5.70 Å². The molecule has 2 aromatic heterocycles. The number of carbonyl (C=O) groups excluding carboxylic acids is 1. The van der Waals surface area contributed by atoms with Crippen molar-refractivity contribution < 1.29 is 19.0 Å². The van der Waals surface area contributed by atoms with E-state index in [1.807, 2.05) is 20.8 Å². The SMILES string of the molecule is C#C.CC.CCC/C(C(=O)[C@H]1CCCc2sc(N)c(C#N)c21)=C(/N)c1nc(OC[C@@H]2CCCN2C)cc(C2COCCO2)n1. The molecule has 2 aliphatic heterocycles. The van der Waals surface area contributed by atoms with Gasteiger partial charge in [-0.25, -0.2) is 4.98 Å². The van der Waals surface area contributed by atoms with Crippen LogP contribution in [-0.2, 0) is 20.7 Å². The molecule has 0 spiro atoms. The standard InChI is InChI=1S/C29H38N6O4S.C2H6.C2H2/c1-3-6-19(27(36)18-8-4-9-23-25(18)20(14-30)28(32)40-23)26(31)29-33-21(22-16-37-11-12-38-22)13-24(34-29)39-15-17-7-5-10-35(17)2;2*1-2/h13,17-18,22H,3-12,15-16,31-32H2,1-2H3;1-2H3;1-2H/b26-19-;;/t17-,18-,22?;;/m0../s1. The van der Waals surface area contributed by atoms with E-state index in [2.05, 4.69) is 35.8 Å². The molecule has 5 rings (SSSR count). The summed E-state index contributed by atoms with van der Waals surface area (Å²) in [6, 6.07) is 4.33. The molecular formula is C33H46N6O4S. The largest absolute Gasteiger partial charge is 0.476 e. The van der Waals surface area contributed by atoms with Crippen molar-refractivity contribution in [2.24, 2.45) is 5.73 Å². The lowest BCUT2D eigenvalue weighted by Gasteiger charge is -2.25. The molecule has 3 aliphatic rings. The summed E-state index contributed by atoms with van der Waals surface area (Å²) >= 11 is 1.41. The molecule has 10 nitrogen and oxygen atoms in total. The van der Waals surface area contributed by atoms with Gasteiger partial charge in [0.05, 0.1) is 36.8 Å². The number of carbonyl (C=O) groups is 1. The first kappa shape index (κ1) is 35.0. The van der Waals surface area contributed by atoms with Gasteiger partial charge < -0.3 is 30.6 Å². The van der Waals surface area contributed by atoms with Crippen molar-refractivity contribution in [1.29, 1.82) is 5.26 Å². The monoisotopic (exact) mass is 622 g/mol. The molecule has 0 radical (unpaired) electrons. The maximum absolute atomic E-state index is 14.1. The minimum atomic E-state index is -0.459. The van der Waals surface area contributed by atoms with Crippen LogP contribution < -0.4 is 16.2 Å². The zero-order chi connectivity index (χ0) is 32.2. The van der Waals surface area contributed by atoms with Gasteiger partial charge in [0.2, 0.25) is 5.88 Å². The van der Waals surface area contributed by atoms with Crippen molar-refractivity contribution in [3.05, 3.63) is 39.2 Å². The number of terminal acetylenes is 1. The van der Waals surface area contributed by atoms with Gasteiger partial charge in [-0.2, -0.15) is 10.2 Å². The number of likely N-dealkylation sites (tertiary alicyclic amines) is 1. The Morgan fingerprint density at radius 3 is 2.66 bits per heavy atom. The Labute approximate surface area is 265 Å². The number of nitrogen functional groups attached to an aromatic ring is 1. The second-order valence-electron chi connectivity index (χ2n) is 10.7. The summed E-state index contributed by atoms with van der Waals surface area (Å²) in [6.07, 6.45) is 13.3. The number of hydrogen-bond acceptors (Lipinski definition) is 11. The van der Waals surface area contributed by atoms with E-state index in [4.69, 9.17) is 30.7 Å². The van der Waals surface area contributed by atoms with Crippen molar-refractivity contribution >= 4 is 27.8 Å². The van der Waals surface area contributed by atoms with Gasteiger partial charge in [0.25, 0.3) is 0 Å². The maximum atomic E-state index is 14.1. The molecule has 1 unspecified atom stereocenters. The average molecular weight is 623 g/mol. The van der Waals surface area contributed by atoms with Gasteiger partial charge in [-0.3, -0.25) is 4.79 Å². The van der Waals surface area contributed by atoms with Crippen LogP contribution >= 0.6 is 11.3 Å². The molecule has 238 valence electrons. The number of likely N-dealkylation sites (N-methyl/N-ethyl adjacent to an activating group) is 1. The maximum Gasteiger partial charge on any atom is 0.217 e. The van der Waals surface area contributed by atoms with Crippen LogP contribution in [0.5, 0.6) is 5.88 Å². The number of anilines is 1. The minimum Gasteiger partial charge on any atom is -0.476 e. The average Bonchev–Trinajstić information content (AvgIpc) is 3.64. The lowest BCUT2D eigenvalue weighted by Crippen LogP contribution is -2.31. The van der Waals surface area contributed by atoms with Gasteiger partial charge in [0.1, 0.15) is 23.8 Å². The second-order valence-corrected chi connectivity index (χ2v) is 11.9. The van der Waals surface area contributed by atoms with Crippen molar-refractivity contribution in [3.63, 3.8) is 0 Å². The first-order valence-electron chi connectivity index (χ1n) is 15.5. The van der Waals surface area contributed by atoms with E-state index in [0.29, 0.717) is 73.0 Å². The summed E-state index contributed by atoms with van der Waals surface area (Å²) in [5, 5.41) is 10.3. The quantitative estimate of drug-likeness (QED) is 0.289. The Kier molecular flexibility index (Phi) is 13.6. The number of Topliss-reactive ketones (excluding diaryl/α,β-unsaturated/α-hetero) is 1. The molecule has 3 atom stereocenters. The molecule has 0 bridgehead atoms. The molecule has 2 fully saturated rings. The fourth-order valence-electron chi connectivity index (χ4n) is 5.87. The summed E-state index contributed by atoms with van der Waals surface area (Å²) in [5.74, 6) is 0.104. The highest BCUT2D eigenvalue weighted by molar-refractivity contribution is 7.16. The van der Waals surface area contributed by atoms with Crippen molar-refractivity contribution in [1.82, 2.24) is 14.9 Å². The number of ether oxygens (including phenoxy) is 3. The Hall–Kier alpha value is -3.48. The van der Waals surface area contributed by atoms with Crippen molar-refractivity contribution in [3.8, 4) is 24.8 Å². The minimum absolute atomic E-state index is 0.0871. The molecular weight excluding hydrogens is 576 g/mol. The highest BCUT2D eigenvalue weighted by Gasteiger charge is 2.35. The van der Waals surface area contributed by atoms with Crippen LogP contribution in [0.15, 0.2) is 11.6 Å². The summed E-state index contributed by atoms with van der Waals surface area (Å²) < 4.78 is 17.7. The van der Waals surface area contributed by atoms with Gasteiger partial charge >= 0.3 is 0 Å².